The summed E-state index contributed by atoms with van der Waals surface area (Å²) in [6.07, 6.45) is 1.50. The average Bonchev–Trinajstić information content (AvgIpc) is 3.24. The van der Waals surface area contributed by atoms with Crippen molar-refractivity contribution in [3.8, 4) is 11.4 Å². The standard InChI is InChI=1S/C17H21N7O2/c1-17(2,3)14-9-15(23(4)20-14)19-16(25)10-26-13-7-5-12(6-8-13)24-11-18-21-22-24/h5-9,11H,10H2,1-4H3,(H,19,25). The van der Waals surface area contributed by atoms with Gasteiger partial charge in [-0.1, -0.05) is 20.8 Å². The maximum atomic E-state index is 12.1. The van der Waals surface area contributed by atoms with Gasteiger partial charge in [-0.3, -0.25) is 9.48 Å². The first-order chi connectivity index (χ1) is 12.3. The number of aromatic nitrogens is 6. The number of tetrazole rings is 1. The van der Waals surface area contributed by atoms with Gasteiger partial charge in [-0.15, -0.1) is 5.10 Å². The van der Waals surface area contributed by atoms with Crippen molar-refractivity contribution in [1.82, 2.24) is 30.0 Å². The van der Waals surface area contributed by atoms with Crippen molar-refractivity contribution >= 4 is 11.7 Å². The summed E-state index contributed by atoms with van der Waals surface area (Å²) in [6.45, 7) is 6.12. The molecule has 26 heavy (non-hydrogen) atoms. The molecule has 1 N–H and O–H groups in total. The third-order valence-corrected chi connectivity index (χ3v) is 3.74. The number of benzene rings is 1. The second-order valence-corrected chi connectivity index (χ2v) is 6.87. The molecule has 2 aromatic heterocycles. The van der Waals surface area contributed by atoms with Crippen LogP contribution in [-0.4, -0.2) is 42.5 Å². The maximum absolute atomic E-state index is 12.1. The molecular formula is C17H21N7O2. The number of anilines is 1. The summed E-state index contributed by atoms with van der Waals surface area (Å²) >= 11 is 0. The summed E-state index contributed by atoms with van der Waals surface area (Å²) < 4.78 is 8.71. The third-order valence-electron chi connectivity index (χ3n) is 3.74. The minimum atomic E-state index is -0.252. The van der Waals surface area contributed by atoms with Gasteiger partial charge in [0.05, 0.1) is 11.4 Å². The molecule has 0 atom stereocenters. The average molecular weight is 355 g/mol. The van der Waals surface area contributed by atoms with Gasteiger partial charge in [-0.05, 0) is 34.7 Å². The Labute approximate surface area is 151 Å². The van der Waals surface area contributed by atoms with E-state index in [1.54, 1.807) is 36.0 Å². The minimum absolute atomic E-state index is 0.0847. The van der Waals surface area contributed by atoms with Gasteiger partial charge in [0.25, 0.3) is 5.91 Å². The normalized spacial score (nSPS) is 11.4. The molecule has 1 aromatic carbocycles. The van der Waals surface area contributed by atoms with Crippen LogP contribution in [0, 0.1) is 0 Å². The van der Waals surface area contributed by atoms with Crippen LogP contribution in [-0.2, 0) is 17.3 Å². The first kappa shape index (κ1) is 17.6. The van der Waals surface area contributed by atoms with Gasteiger partial charge >= 0.3 is 0 Å². The molecule has 0 spiro atoms. The van der Waals surface area contributed by atoms with E-state index < -0.39 is 0 Å². The number of rotatable bonds is 5. The van der Waals surface area contributed by atoms with Crippen LogP contribution in [0.3, 0.4) is 0 Å². The Morgan fingerprint density at radius 1 is 1.23 bits per heavy atom. The first-order valence-electron chi connectivity index (χ1n) is 8.13. The molecule has 136 valence electrons. The van der Waals surface area contributed by atoms with E-state index in [-0.39, 0.29) is 17.9 Å². The molecule has 0 unspecified atom stereocenters. The van der Waals surface area contributed by atoms with Crippen molar-refractivity contribution in [3.63, 3.8) is 0 Å². The Morgan fingerprint density at radius 3 is 2.54 bits per heavy atom. The van der Waals surface area contributed by atoms with Crippen LogP contribution in [0.5, 0.6) is 5.75 Å². The largest absolute Gasteiger partial charge is 0.484 e. The van der Waals surface area contributed by atoms with E-state index in [4.69, 9.17) is 4.74 Å². The van der Waals surface area contributed by atoms with Crippen molar-refractivity contribution in [1.29, 1.82) is 0 Å². The molecule has 0 fully saturated rings. The Morgan fingerprint density at radius 2 is 1.96 bits per heavy atom. The van der Waals surface area contributed by atoms with E-state index in [0.717, 1.165) is 11.4 Å². The summed E-state index contributed by atoms with van der Waals surface area (Å²) in [6, 6.07) is 9.00. The molecule has 9 heteroatoms. The van der Waals surface area contributed by atoms with Crippen LogP contribution in [0.2, 0.25) is 0 Å². The maximum Gasteiger partial charge on any atom is 0.263 e. The van der Waals surface area contributed by atoms with Gasteiger partial charge in [0.2, 0.25) is 0 Å². The van der Waals surface area contributed by atoms with Gasteiger partial charge in [0, 0.05) is 18.5 Å². The molecule has 0 aliphatic rings. The Bertz CT molecular complexity index is 877. The second-order valence-electron chi connectivity index (χ2n) is 6.87. The summed E-state index contributed by atoms with van der Waals surface area (Å²) in [7, 11) is 1.80. The molecule has 0 bridgehead atoms. The second kappa shape index (κ2) is 6.95. The topological polar surface area (TPSA) is 99.8 Å². The first-order valence-corrected chi connectivity index (χ1v) is 8.13. The summed E-state index contributed by atoms with van der Waals surface area (Å²) in [5.74, 6) is 0.966. The third kappa shape index (κ3) is 4.05. The highest BCUT2D eigenvalue weighted by molar-refractivity contribution is 5.91. The molecule has 1 amide bonds. The predicted molar refractivity (Wildman–Crippen MR) is 95.2 cm³/mol. The molecule has 3 rings (SSSR count). The lowest BCUT2D eigenvalue weighted by Crippen LogP contribution is -2.21. The quantitative estimate of drug-likeness (QED) is 0.748. The van der Waals surface area contributed by atoms with Gasteiger partial charge in [-0.25, -0.2) is 4.68 Å². The van der Waals surface area contributed by atoms with Gasteiger partial charge in [0.1, 0.15) is 17.9 Å². The number of carbonyl (C=O) groups is 1. The lowest BCUT2D eigenvalue weighted by molar-refractivity contribution is -0.118. The molecule has 2 heterocycles. The van der Waals surface area contributed by atoms with Crippen LogP contribution in [0.15, 0.2) is 36.7 Å². The number of ether oxygens (including phenoxy) is 1. The Hall–Kier alpha value is -3.23. The lowest BCUT2D eigenvalue weighted by Gasteiger charge is -2.13. The summed E-state index contributed by atoms with van der Waals surface area (Å²) in [4.78, 5) is 12.1. The van der Waals surface area contributed by atoms with E-state index in [0.29, 0.717) is 11.6 Å². The number of amides is 1. The molecule has 0 saturated carbocycles. The van der Waals surface area contributed by atoms with Gasteiger partial charge in [0.15, 0.2) is 6.61 Å². The highest BCUT2D eigenvalue weighted by Crippen LogP contribution is 2.23. The number of nitrogens with zero attached hydrogens (tertiary/aromatic N) is 6. The molecular weight excluding hydrogens is 334 g/mol. The van der Waals surface area contributed by atoms with Crippen LogP contribution in [0.25, 0.3) is 5.69 Å². The van der Waals surface area contributed by atoms with Crippen LogP contribution >= 0.6 is 0 Å². The van der Waals surface area contributed by atoms with Crippen molar-refractivity contribution in [2.45, 2.75) is 26.2 Å². The van der Waals surface area contributed by atoms with E-state index in [1.165, 1.54) is 11.0 Å². The minimum Gasteiger partial charge on any atom is -0.484 e. The fourth-order valence-electron chi connectivity index (χ4n) is 2.25. The summed E-state index contributed by atoms with van der Waals surface area (Å²) in [5.41, 5.74) is 1.63. The van der Waals surface area contributed by atoms with Crippen LogP contribution < -0.4 is 10.1 Å². The van der Waals surface area contributed by atoms with E-state index in [2.05, 4.69) is 46.7 Å². The van der Waals surface area contributed by atoms with Crippen molar-refractivity contribution < 1.29 is 9.53 Å². The van der Waals surface area contributed by atoms with E-state index in [1.807, 2.05) is 6.07 Å². The van der Waals surface area contributed by atoms with Gasteiger partial charge < -0.3 is 10.1 Å². The number of aryl methyl sites for hydroxylation is 1. The van der Waals surface area contributed by atoms with Crippen molar-refractivity contribution in [2.75, 3.05) is 11.9 Å². The van der Waals surface area contributed by atoms with E-state index in [9.17, 15) is 4.79 Å². The lowest BCUT2D eigenvalue weighted by atomic mass is 9.92. The Kier molecular flexibility index (Phi) is 4.70. The molecule has 0 radical (unpaired) electrons. The number of hydrogen-bond donors (Lipinski definition) is 1. The highest BCUT2D eigenvalue weighted by Gasteiger charge is 2.19. The van der Waals surface area contributed by atoms with E-state index >= 15 is 0 Å². The zero-order chi connectivity index (χ0) is 18.7. The molecule has 3 aromatic rings. The molecule has 0 aliphatic heterocycles. The van der Waals surface area contributed by atoms with Crippen molar-refractivity contribution in [2.24, 2.45) is 7.05 Å². The predicted octanol–water partition coefficient (Wildman–Crippen LogP) is 1.71. The molecule has 0 saturated heterocycles. The number of nitrogens with one attached hydrogen (secondary N) is 1. The molecule has 9 nitrogen and oxygen atoms in total. The fraction of sp³-hybridized carbons (Fsp3) is 0.353. The smallest absolute Gasteiger partial charge is 0.263 e. The monoisotopic (exact) mass is 355 g/mol. The SMILES string of the molecule is Cn1nc(C(C)(C)C)cc1NC(=O)COc1ccc(-n2cnnn2)cc1. The zero-order valence-electron chi connectivity index (χ0n) is 15.2. The van der Waals surface area contributed by atoms with Crippen molar-refractivity contribution in [3.05, 3.63) is 42.4 Å². The number of carbonyl (C=O) groups excluding carboxylic acids is 1. The number of hydrogen-bond acceptors (Lipinski definition) is 6. The Balaban J connectivity index is 1.57. The van der Waals surface area contributed by atoms with Crippen LogP contribution in [0.4, 0.5) is 5.82 Å². The summed E-state index contributed by atoms with van der Waals surface area (Å²) in [5, 5.41) is 18.2. The highest BCUT2D eigenvalue weighted by atomic mass is 16.5. The van der Waals surface area contributed by atoms with Gasteiger partial charge in [-0.2, -0.15) is 5.10 Å². The fourth-order valence-corrected chi connectivity index (χ4v) is 2.25. The zero-order valence-corrected chi connectivity index (χ0v) is 15.2. The molecule has 0 aliphatic carbocycles. The van der Waals surface area contributed by atoms with Crippen LogP contribution in [0.1, 0.15) is 26.5 Å².